The van der Waals surface area contributed by atoms with E-state index < -0.39 is 28.1 Å². The fourth-order valence-electron chi connectivity index (χ4n) is 3.47. The van der Waals surface area contributed by atoms with Crippen LogP contribution in [0.15, 0.2) is 52.0 Å². The molecule has 2 atom stereocenters. The minimum absolute atomic E-state index is 0.0961. The van der Waals surface area contributed by atoms with E-state index in [2.05, 4.69) is 10.6 Å². The van der Waals surface area contributed by atoms with Gasteiger partial charge in [0.05, 0.1) is 23.9 Å². The third-order valence-electron chi connectivity index (χ3n) is 5.13. The molecule has 1 aliphatic rings. The summed E-state index contributed by atoms with van der Waals surface area (Å²) >= 11 is 5.86. The first-order chi connectivity index (χ1) is 15.7. The van der Waals surface area contributed by atoms with Crippen molar-refractivity contribution in [3.63, 3.8) is 0 Å². The first-order valence-corrected chi connectivity index (χ1v) is 12.5. The number of sulfonamides is 1. The number of rotatable bonds is 9. The van der Waals surface area contributed by atoms with Crippen LogP contribution >= 0.6 is 11.6 Å². The van der Waals surface area contributed by atoms with Gasteiger partial charge in [-0.1, -0.05) is 25.4 Å². The van der Waals surface area contributed by atoms with E-state index in [9.17, 15) is 18.0 Å². The first kappa shape index (κ1) is 25.2. The van der Waals surface area contributed by atoms with Gasteiger partial charge >= 0.3 is 0 Å². The molecule has 3 rings (SSSR count). The van der Waals surface area contributed by atoms with Crippen LogP contribution < -0.4 is 10.6 Å². The van der Waals surface area contributed by atoms with Crippen LogP contribution in [0.4, 0.5) is 0 Å². The molecule has 2 N–H and O–H groups in total. The number of halogens is 1. The second-order valence-electron chi connectivity index (χ2n) is 8.19. The van der Waals surface area contributed by atoms with E-state index in [4.69, 9.17) is 20.8 Å². The number of nitrogens with one attached hydrogen (secondary N) is 2. The molecule has 2 amide bonds. The molecular formula is C22H28ClN3O6S. The molecule has 1 aromatic carbocycles. The van der Waals surface area contributed by atoms with Crippen LogP contribution in [0.2, 0.25) is 5.02 Å². The van der Waals surface area contributed by atoms with Gasteiger partial charge in [-0.15, -0.1) is 0 Å². The first-order valence-electron chi connectivity index (χ1n) is 10.7. The number of carbonyl (C=O) groups excluding carboxylic acids is 2. The SMILES string of the molecule is CC(C)C[C@H](NC(=O)c1ccco1)C(=O)NCC1CN(S(=O)(=O)c2ccc(Cl)cc2)CCO1. The summed E-state index contributed by atoms with van der Waals surface area (Å²) in [4.78, 5) is 25.3. The minimum Gasteiger partial charge on any atom is -0.459 e. The number of carbonyl (C=O) groups is 2. The Labute approximate surface area is 198 Å². The fraction of sp³-hybridized carbons (Fsp3) is 0.455. The Morgan fingerprint density at radius 1 is 1.21 bits per heavy atom. The van der Waals surface area contributed by atoms with E-state index in [1.807, 2.05) is 13.8 Å². The van der Waals surface area contributed by atoms with Crippen molar-refractivity contribution in [3.8, 4) is 0 Å². The summed E-state index contributed by atoms with van der Waals surface area (Å²) < 4.78 is 37.9. The van der Waals surface area contributed by atoms with Crippen LogP contribution in [-0.2, 0) is 19.6 Å². The van der Waals surface area contributed by atoms with E-state index in [-0.39, 0.29) is 48.7 Å². The summed E-state index contributed by atoms with van der Waals surface area (Å²) in [6.45, 7) is 4.52. The number of benzene rings is 1. The van der Waals surface area contributed by atoms with Crippen molar-refractivity contribution in [2.24, 2.45) is 5.92 Å². The molecule has 0 aliphatic carbocycles. The molecule has 180 valence electrons. The quantitative estimate of drug-likeness (QED) is 0.548. The van der Waals surface area contributed by atoms with E-state index in [1.165, 1.54) is 40.9 Å². The third kappa shape index (κ3) is 6.80. The van der Waals surface area contributed by atoms with Crippen molar-refractivity contribution in [2.45, 2.75) is 37.3 Å². The predicted molar refractivity (Wildman–Crippen MR) is 122 cm³/mol. The standard InChI is InChI=1S/C22H28ClN3O6S/c1-15(2)12-19(25-22(28)20-4-3-10-32-20)21(27)24-13-17-14-26(9-11-31-17)33(29,30)18-7-5-16(23)6-8-18/h3-8,10,15,17,19H,9,11-14H2,1-2H3,(H,24,27)(H,25,28)/t17?,19-/m0/s1. The van der Waals surface area contributed by atoms with Gasteiger partial charge in [0, 0.05) is 24.7 Å². The predicted octanol–water partition coefficient (Wildman–Crippen LogP) is 2.28. The highest BCUT2D eigenvalue weighted by molar-refractivity contribution is 7.89. The van der Waals surface area contributed by atoms with Crippen LogP contribution in [-0.4, -0.2) is 62.9 Å². The van der Waals surface area contributed by atoms with E-state index in [1.54, 1.807) is 6.07 Å². The molecule has 1 unspecified atom stereocenters. The molecule has 1 aromatic heterocycles. The topological polar surface area (TPSA) is 118 Å². The van der Waals surface area contributed by atoms with E-state index in [0.717, 1.165) is 0 Å². The van der Waals surface area contributed by atoms with Gasteiger partial charge in [0.15, 0.2) is 5.76 Å². The Balaban J connectivity index is 1.59. The molecule has 2 heterocycles. The van der Waals surface area contributed by atoms with Gasteiger partial charge in [-0.2, -0.15) is 4.31 Å². The van der Waals surface area contributed by atoms with Crippen molar-refractivity contribution in [3.05, 3.63) is 53.4 Å². The van der Waals surface area contributed by atoms with E-state index >= 15 is 0 Å². The lowest BCUT2D eigenvalue weighted by Gasteiger charge is -2.32. The molecule has 0 radical (unpaired) electrons. The van der Waals surface area contributed by atoms with Crippen molar-refractivity contribution < 1.29 is 27.2 Å². The van der Waals surface area contributed by atoms with Gasteiger partial charge in [0.25, 0.3) is 5.91 Å². The van der Waals surface area contributed by atoms with Crippen LogP contribution in [0.3, 0.4) is 0 Å². The molecular weight excluding hydrogens is 470 g/mol. The maximum absolute atomic E-state index is 12.9. The molecule has 1 fully saturated rings. The molecule has 1 aliphatic heterocycles. The summed E-state index contributed by atoms with van der Waals surface area (Å²) in [5.74, 6) is -0.571. The molecule has 0 bridgehead atoms. The summed E-state index contributed by atoms with van der Waals surface area (Å²) in [5.41, 5.74) is 0. The smallest absolute Gasteiger partial charge is 0.287 e. The average Bonchev–Trinajstić information content (AvgIpc) is 3.32. The van der Waals surface area contributed by atoms with Gasteiger partial charge in [0.2, 0.25) is 15.9 Å². The Kier molecular flexibility index (Phi) is 8.52. The minimum atomic E-state index is -3.71. The third-order valence-corrected chi connectivity index (χ3v) is 7.26. The molecule has 9 nitrogen and oxygen atoms in total. The lowest BCUT2D eigenvalue weighted by atomic mass is 10.0. The van der Waals surface area contributed by atoms with Crippen molar-refractivity contribution in [1.82, 2.24) is 14.9 Å². The lowest BCUT2D eigenvalue weighted by Crippen LogP contribution is -2.52. The summed E-state index contributed by atoms with van der Waals surface area (Å²) in [6.07, 6.45) is 1.29. The Morgan fingerprint density at radius 3 is 2.58 bits per heavy atom. The Morgan fingerprint density at radius 2 is 1.94 bits per heavy atom. The number of furan rings is 1. The highest BCUT2D eigenvalue weighted by Crippen LogP contribution is 2.20. The van der Waals surface area contributed by atoms with E-state index in [0.29, 0.717) is 11.4 Å². The highest BCUT2D eigenvalue weighted by atomic mass is 35.5. The zero-order chi connectivity index (χ0) is 24.0. The Bertz CT molecular complexity index is 1040. The second kappa shape index (κ2) is 11.1. The van der Waals surface area contributed by atoms with Crippen molar-refractivity contribution in [2.75, 3.05) is 26.2 Å². The fourth-order valence-corrected chi connectivity index (χ4v) is 5.05. The van der Waals surface area contributed by atoms with Gasteiger partial charge in [0.1, 0.15) is 6.04 Å². The number of nitrogens with zero attached hydrogens (tertiary/aromatic N) is 1. The number of morpholine rings is 1. The van der Waals surface area contributed by atoms with Crippen LogP contribution in [0.1, 0.15) is 30.8 Å². The molecule has 0 spiro atoms. The lowest BCUT2D eigenvalue weighted by molar-refractivity contribution is -0.124. The van der Waals surface area contributed by atoms with Crippen molar-refractivity contribution in [1.29, 1.82) is 0 Å². The van der Waals surface area contributed by atoms with Gasteiger partial charge in [-0.3, -0.25) is 9.59 Å². The summed E-state index contributed by atoms with van der Waals surface area (Å²) in [7, 11) is -3.71. The van der Waals surface area contributed by atoms with Crippen LogP contribution in [0, 0.1) is 5.92 Å². The number of ether oxygens (including phenoxy) is 1. The molecule has 11 heteroatoms. The zero-order valence-corrected chi connectivity index (χ0v) is 20.1. The van der Waals surface area contributed by atoms with Gasteiger partial charge in [-0.25, -0.2) is 8.42 Å². The molecule has 2 aromatic rings. The largest absolute Gasteiger partial charge is 0.459 e. The second-order valence-corrected chi connectivity index (χ2v) is 10.6. The average molecular weight is 498 g/mol. The molecule has 33 heavy (non-hydrogen) atoms. The van der Waals surface area contributed by atoms with Gasteiger partial charge in [-0.05, 0) is 48.7 Å². The number of hydrogen-bond acceptors (Lipinski definition) is 6. The van der Waals surface area contributed by atoms with Crippen molar-refractivity contribution >= 4 is 33.4 Å². The number of hydrogen-bond donors (Lipinski definition) is 2. The molecule has 0 saturated carbocycles. The monoisotopic (exact) mass is 497 g/mol. The van der Waals surface area contributed by atoms with Gasteiger partial charge < -0.3 is 19.8 Å². The maximum Gasteiger partial charge on any atom is 0.287 e. The molecule has 1 saturated heterocycles. The van der Waals surface area contributed by atoms with Crippen LogP contribution in [0.5, 0.6) is 0 Å². The van der Waals surface area contributed by atoms with Crippen LogP contribution in [0.25, 0.3) is 0 Å². The normalized spacial score (nSPS) is 18.1. The highest BCUT2D eigenvalue weighted by Gasteiger charge is 2.32. The maximum atomic E-state index is 12.9. The summed E-state index contributed by atoms with van der Waals surface area (Å²) in [6, 6.07) is 8.32. The zero-order valence-electron chi connectivity index (χ0n) is 18.5. The Hall–Kier alpha value is -2.40. The number of amides is 2. The summed E-state index contributed by atoms with van der Waals surface area (Å²) in [5, 5.41) is 5.92.